The van der Waals surface area contributed by atoms with Crippen molar-refractivity contribution in [2.45, 2.75) is 25.9 Å². The molecule has 0 radical (unpaired) electrons. The van der Waals surface area contributed by atoms with E-state index in [2.05, 4.69) is 5.32 Å². The van der Waals surface area contributed by atoms with Gasteiger partial charge in [-0.2, -0.15) is 0 Å². The number of rotatable bonds is 5. The molecule has 0 bridgehead atoms. The van der Waals surface area contributed by atoms with Crippen molar-refractivity contribution in [1.29, 1.82) is 0 Å². The van der Waals surface area contributed by atoms with E-state index in [1.54, 1.807) is 18.2 Å². The molecule has 0 saturated carbocycles. The Hall–Kier alpha value is -2.32. The molecule has 1 N–H and O–H groups in total. The van der Waals surface area contributed by atoms with Crippen molar-refractivity contribution in [3.05, 3.63) is 78.9 Å². The second-order valence-corrected chi connectivity index (χ2v) is 10.3. The summed E-state index contributed by atoms with van der Waals surface area (Å²) in [6.07, 6.45) is 0. The maximum atomic E-state index is 13.5. The minimum atomic E-state index is -0.198. The average molecular weight is 504 g/mol. The highest BCUT2D eigenvalue weighted by atomic mass is 35.5. The van der Waals surface area contributed by atoms with Gasteiger partial charge in [0.15, 0.2) is 5.16 Å². The number of hydrogen-bond donors (Lipinski definition) is 1. The van der Waals surface area contributed by atoms with Gasteiger partial charge in [-0.15, -0.1) is 11.3 Å². The number of benzene rings is 2. The monoisotopic (exact) mass is 503 g/mol. The van der Waals surface area contributed by atoms with Crippen LogP contribution in [0.2, 0.25) is 10.0 Å². The first-order chi connectivity index (χ1) is 15.2. The predicted octanol–water partition coefficient (Wildman–Crippen LogP) is 6.41. The summed E-state index contributed by atoms with van der Waals surface area (Å²) in [5.41, 5.74) is 3.09. The number of nitrogens with zero attached hydrogens (tertiary/aromatic N) is 2. The van der Waals surface area contributed by atoms with Crippen molar-refractivity contribution in [2.75, 3.05) is 11.1 Å². The summed E-state index contributed by atoms with van der Waals surface area (Å²) in [6.45, 7) is 5.87. The zero-order valence-electron chi connectivity index (χ0n) is 17.5. The van der Waals surface area contributed by atoms with Crippen LogP contribution in [0.1, 0.15) is 16.0 Å². The first kappa shape index (κ1) is 22.9. The van der Waals surface area contributed by atoms with Crippen molar-refractivity contribution in [2.24, 2.45) is 0 Å². The van der Waals surface area contributed by atoms with Crippen LogP contribution in [0.4, 0.5) is 5.69 Å². The first-order valence-corrected chi connectivity index (χ1v) is 12.3. The first-order valence-electron chi connectivity index (χ1n) is 9.72. The van der Waals surface area contributed by atoms with Crippen LogP contribution in [0.3, 0.4) is 0 Å². The lowest BCUT2D eigenvalue weighted by Crippen LogP contribution is -2.23. The summed E-state index contributed by atoms with van der Waals surface area (Å²) < 4.78 is 1.49. The molecule has 0 saturated heterocycles. The van der Waals surface area contributed by atoms with Gasteiger partial charge < -0.3 is 5.32 Å². The second-order valence-electron chi connectivity index (χ2n) is 7.30. The Balaban J connectivity index is 1.72. The molecule has 0 fully saturated rings. The normalized spacial score (nSPS) is 11.2. The van der Waals surface area contributed by atoms with Gasteiger partial charge in [-0.25, -0.2) is 4.98 Å². The highest BCUT2D eigenvalue weighted by Crippen LogP contribution is 2.31. The molecule has 0 aliphatic carbocycles. The molecule has 32 heavy (non-hydrogen) atoms. The molecule has 5 nitrogen and oxygen atoms in total. The number of thioether (sulfide) groups is 1. The SMILES string of the molecule is Cc1ccc(NC(=O)CSc2nc3sc(C)c(C)c3c(=O)n2-c2ccc(Cl)c(Cl)c2)cc1. The minimum Gasteiger partial charge on any atom is -0.325 e. The van der Waals surface area contributed by atoms with Gasteiger partial charge in [0.2, 0.25) is 5.91 Å². The Morgan fingerprint density at radius 2 is 1.81 bits per heavy atom. The highest BCUT2D eigenvalue weighted by molar-refractivity contribution is 7.99. The van der Waals surface area contributed by atoms with E-state index < -0.39 is 0 Å². The number of fused-ring (bicyclic) bond motifs is 1. The van der Waals surface area contributed by atoms with Crippen molar-refractivity contribution < 1.29 is 4.79 Å². The van der Waals surface area contributed by atoms with E-state index in [9.17, 15) is 9.59 Å². The maximum Gasteiger partial charge on any atom is 0.267 e. The zero-order chi connectivity index (χ0) is 23.0. The smallest absolute Gasteiger partial charge is 0.267 e. The Kier molecular flexibility index (Phi) is 6.62. The van der Waals surface area contributed by atoms with Crippen LogP contribution < -0.4 is 10.9 Å². The average Bonchev–Trinajstić information content (AvgIpc) is 3.04. The lowest BCUT2D eigenvalue weighted by Gasteiger charge is -2.13. The molecular weight excluding hydrogens is 485 g/mol. The Morgan fingerprint density at radius 1 is 1.09 bits per heavy atom. The van der Waals surface area contributed by atoms with E-state index in [4.69, 9.17) is 28.2 Å². The molecule has 2 aromatic carbocycles. The number of amides is 1. The molecule has 4 aromatic rings. The van der Waals surface area contributed by atoms with Crippen LogP contribution in [0, 0.1) is 20.8 Å². The molecule has 4 rings (SSSR count). The molecule has 2 heterocycles. The van der Waals surface area contributed by atoms with Gasteiger partial charge in [-0.05, 0) is 56.7 Å². The van der Waals surface area contributed by atoms with Crippen LogP contribution in [0.5, 0.6) is 0 Å². The number of carbonyl (C=O) groups is 1. The van der Waals surface area contributed by atoms with Gasteiger partial charge in [-0.1, -0.05) is 52.7 Å². The molecule has 0 aliphatic heterocycles. The molecule has 164 valence electrons. The van der Waals surface area contributed by atoms with Gasteiger partial charge in [0, 0.05) is 10.6 Å². The number of aromatic nitrogens is 2. The maximum absolute atomic E-state index is 13.5. The summed E-state index contributed by atoms with van der Waals surface area (Å²) >= 11 is 14.9. The number of hydrogen-bond acceptors (Lipinski definition) is 5. The molecule has 0 aliphatic rings. The number of thiophene rings is 1. The largest absolute Gasteiger partial charge is 0.325 e. The van der Waals surface area contributed by atoms with E-state index in [0.717, 1.165) is 21.7 Å². The van der Waals surface area contributed by atoms with Crippen molar-refractivity contribution >= 4 is 68.1 Å². The third-order valence-electron chi connectivity index (χ3n) is 5.00. The summed E-state index contributed by atoms with van der Waals surface area (Å²) in [5, 5.41) is 4.59. The van der Waals surface area contributed by atoms with Gasteiger partial charge in [-0.3, -0.25) is 14.2 Å². The van der Waals surface area contributed by atoms with Gasteiger partial charge in [0.25, 0.3) is 5.56 Å². The Bertz CT molecular complexity index is 1400. The van der Waals surface area contributed by atoms with Crippen molar-refractivity contribution in [3.63, 3.8) is 0 Å². The summed E-state index contributed by atoms with van der Waals surface area (Å²) in [7, 11) is 0. The number of carbonyl (C=O) groups excluding carboxylic acids is 1. The third kappa shape index (κ3) is 4.57. The number of halogens is 2. The van der Waals surface area contributed by atoms with Crippen molar-refractivity contribution in [1.82, 2.24) is 9.55 Å². The lowest BCUT2D eigenvalue weighted by atomic mass is 10.2. The minimum absolute atomic E-state index is 0.0937. The zero-order valence-corrected chi connectivity index (χ0v) is 20.7. The summed E-state index contributed by atoms with van der Waals surface area (Å²) in [6, 6.07) is 12.6. The lowest BCUT2D eigenvalue weighted by molar-refractivity contribution is -0.113. The molecule has 1 amide bonds. The second kappa shape index (κ2) is 9.27. The van der Waals surface area contributed by atoms with E-state index in [1.165, 1.54) is 27.7 Å². The van der Waals surface area contributed by atoms with Crippen molar-refractivity contribution in [3.8, 4) is 5.69 Å². The molecule has 0 unspecified atom stereocenters. The van der Waals surface area contributed by atoms with Crippen LogP contribution in [0.15, 0.2) is 52.4 Å². The fraction of sp³-hybridized carbons (Fsp3) is 0.174. The Labute approximate surface area is 203 Å². The quantitative estimate of drug-likeness (QED) is 0.252. The highest BCUT2D eigenvalue weighted by Gasteiger charge is 2.19. The fourth-order valence-electron chi connectivity index (χ4n) is 3.19. The van der Waals surface area contributed by atoms with Crippen LogP contribution >= 0.6 is 46.3 Å². The molecule has 0 spiro atoms. The van der Waals surface area contributed by atoms with Crippen LogP contribution in [-0.4, -0.2) is 21.2 Å². The molecule has 2 aromatic heterocycles. The number of anilines is 1. The number of aryl methyl sites for hydroxylation is 3. The third-order valence-corrected chi connectivity index (χ3v) is 7.78. The van der Waals surface area contributed by atoms with Gasteiger partial charge in [0.1, 0.15) is 4.83 Å². The number of nitrogens with one attached hydrogen (secondary N) is 1. The molecule has 0 atom stereocenters. The van der Waals surface area contributed by atoms with Crippen LogP contribution in [0.25, 0.3) is 15.9 Å². The summed E-state index contributed by atoms with van der Waals surface area (Å²) in [5.74, 6) is -0.0938. The Morgan fingerprint density at radius 3 is 2.50 bits per heavy atom. The van der Waals surface area contributed by atoms with E-state index in [1.807, 2.05) is 45.0 Å². The van der Waals surface area contributed by atoms with E-state index >= 15 is 0 Å². The van der Waals surface area contributed by atoms with Gasteiger partial charge >= 0.3 is 0 Å². The topological polar surface area (TPSA) is 64.0 Å². The fourth-order valence-corrected chi connectivity index (χ4v) is 5.36. The molecule has 9 heteroatoms. The predicted molar refractivity (Wildman–Crippen MR) is 135 cm³/mol. The van der Waals surface area contributed by atoms with E-state index in [0.29, 0.717) is 31.1 Å². The van der Waals surface area contributed by atoms with Crippen LogP contribution in [-0.2, 0) is 4.79 Å². The van der Waals surface area contributed by atoms with Gasteiger partial charge in [0.05, 0.1) is 26.9 Å². The molecular formula is C23H19Cl2N3O2S2. The standard InChI is InChI=1S/C23H19Cl2N3O2S2/c1-12-4-6-15(7-5-12)26-19(29)11-31-23-27-21-20(13(2)14(3)32-21)22(30)28(23)16-8-9-17(24)18(25)10-16/h4-10H,11H2,1-3H3,(H,26,29). The summed E-state index contributed by atoms with van der Waals surface area (Å²) in [4.78, 5) is 32.4. The van der Waals surface area contributed by atoms with E-state index in [-0.39, 0.29) is 17.2 Å².